The van der Waals surface area contributed by atoms with Crippen LogP contribution in [0.4, 0.5) is 0 Å². The summed E-state index contributed by atoms with van der Waals surface area (Å²) in [6.07, 6.45) is 2.15. The van der Waals surface area contributed by atoms with Gasteiger partial charge < -0.3 is 4.90 Å². The van der Waals surface area contributed by atoms with E-state index >= 15 is 0 Å². The summed E-state index contributed by atoms with van der Waals surface area (Å²) >= 11 is 0. The Balaban J connectivity index is 1.72. The molecule has 116 valence electrons. The molecule has 0 spiro atoms. The fourth-order valence-electron chi connectivity index (χ4n) is 2.71. The summed E-state index contributed by atoms with van der Waals surface area (Å²) in [5, 5.41) is 11.8. The number of tetrazole rings is 1. The third-order valence-electron chi connectivity index (χ3n) is 4.26. The number of carbonyl (C=O) groups excluding carboxylic acids is 1. The van der Waals surface area contributed by atoms with Crippen LogP contribution in [0.25, 0.3) is 11.4 Å². The van der Waals surface area contributed by atoms with Crippen molar-refractivity contribution in [3.05, 3.63) is 29.8 Å². The number of hydrogen-bond acceptors (Lipinski definition) is 4. The number of amides is 1. The molecule has 1 saturated heterocycles. The topological polar surface area (TPSA) is 63.9 Å². The first-order valence-electron chi connectivity index (χ1n) is 7.74. The van der Waals surface area contributed by atoms with Crippen LogP contribution in [0, 0.1) is 12.8 Å². The van der Waals surface area contributed by atoms with Crippen molar-refractivity contribution in [1.82, 2.24) is 25.1 Å². The SMILES string of the molecule is Cc1ccc(-c2nnnn2CC(=O)N2CCC(C)CC2)cc1. The molecule has 1 aliphatic heterocycles. The zero-order valence-electron chi connectivity index (χ0n) is 13.1. The first kappa shape index (κ1) is 14.7. The average Bonchev–Trinajstić information content (AvgIpc) is 2.97. The predicted molar refractivity (Wildman–Crippen MR) is 83.0 cm³/mol. The van der Waals surface area contributed by atoms with Gasteiger partial charge >= 0.3 is 0 Å². The fourth-order valence-corrected chi connectivity index (χ4v) is 2.71. The Morgan fingerprint density at radius 2 is 1.91 bits per heavy atom. The molecule has 0 N–H and O–H groups in total. The smallest absolute Gasteiger partial charge is 0.244 e. The molecule has 1 fully saturated rings. The predicted octanol–water partition coefficient (Wildman–Crippen LogP) is 1.91. The normalized spacial score (nSPS) is 16.0. The average molecular weight is 299 g/mol. The minimum atomic E-state index is 0.0903. The van der Waals surface area contributed by atoms with Gasteiger partial charge in [-0.2, -0.15) is 0 Å². The Hall–Kier alpha value is -2.24. The second-order valence-electron chi connectivity index (χ2n) is 6.09. The number of nitrogens with zero attached hydrogens (tertiary/aromatic N) is 5. The number of rotatable bonds is 3. The van der Waals surface area contributed by atoms with E-state index < -0.39 is 0 Å². The summed E-state index contributed by atoms with van der Waals surface area (Å²) in [5.41, 5.74) is 2.11. The molecule has 22 heavy (non-hydrogen) atoms. The van der Waals surface area contributed by atoms with Gasteiger partial charge in [0.15, 0.2) is 5.82 Å². The molecule has 6 heteroatoms. The molecule has 0 unspecified atom stereocenters. The van der Waals surface area contributed by atoms with Crippen molar-refractivity contribution in [1.29, 1.82) is 0 Å². The lowest BCUT2D eigenvalue weighted by molar-refractivity contribution is -0.133. The van der Waals surface area contributed by atoms with Gasteiger partial charge in [-0.15, -0.1) is 5.10 Å². The van der Waals surface area contributed by atoms with Crippen molar-refractivity contribution < 1.29 is 4.79 Å². The lowest BCUT2D eigenvalue weighted by Gasteiger charge is -2.30. The number of hydrogen-bond donors (Lipinski definition) is 0. The van der Waals surface area contributed by atoms with Gasteiger partial charge in [-0.3, -0.25) is 4.79 Å². The summed E-state index contributed by atoms with van der Waals surface area (Å²) in [4.78, 5) is 14.3. The molecule has 1 amide bonds. The highest BCUT2D eigenvalue weighted by atomic mass is 16.2. The third kappa shape index (κ3) is 3.16. The highest BCUT2D eigenvalue weighted by molar-refractivity contribution is 5.76. The molecule has 3 rings (SSSR count). The van der Waals surface area contributed by atoms with Gasteiger partial charge in [0.2, 0.25) is 5.91 Å². The van der Waals surface area contributed by atoms with Gasteiger partial charge in [-0.25, -0.2) is 4.68 Å². The van der Waals surface area contributed by atoms with Gasteiger partial charge in [-0.05, 0) is 36.1 Å². The summed E-state index contributed by atoms with van der Waals surface area (Å²) < 4.78 is 1.59. The molecule has 1 aromatic carbocycles. The highest BCUT2D eigenvalue weighted by Crippen LogP contribution is 2.18. The minimum Gasteiger partial charge on any atom is -0.341 e. The molecule has 1 aromatic heterocycles. The van der Waals surface area contributed by atoms with Crippen molar-refractivity contribution in [3.8, 4) is 11.4 Å². The van der Waals surface area contributed by atoms with Crippen LogP contribution in [-0.2, 0) is 11.3 Å². The number of likely N-dealkylation sites (tertiary alicyclic amines) is 1. The molecule has 0 saturated carbocycles. The van der Waals surface area contributed by atoms with E-state index in [-0.39, 0.29) is 12.5 Å². The molecule has 0 atom stereocenters. The van der Waals surface area contributed by atoms with Crippen LogP contribution < -0.4 is 0 Å². The van der Waals surface area contributed by atoms with Crippen LogP contribution >= 0.6 is 0 Å². The van der Waals surface area contributed by atoms with Gasteiger partial charge in [0, 0.05) is 18.7 Å². The van der Waals surface area contributed by atoms with Crippen molar-refractivity contribution in [3.63, 3.8) is 0 Å². The Morgan fingerprint density at radius 1 is 1.23 bits per heavy atom. The summed E-state index contributed by atoms with van der Waals surface area (Å²) in [7, 11) is 0. The molecule has 2 aromatic rings. The van der Waals surface area contributed by atoms with Gasteiger partial charge in [0.25, 0.3) is 0 Å². The minimum absolute atomic E-state index is 0.0903. The maximum atomic E-state index is 12.4. The van der Waals surface area contributed by atoms with E-state index in [2.05, 4.69) is 22.4 Å². The highest BCUT2D eigenvalue weighted by Gasteiger charge is 2.22. The molecule has 2 heterocycles. The van der Waals surface area contributed by atoms with Crippen LogP contribution in [0.5, 0.6) is 0 Å². The van der Waals surface area contributed by atoms with Crippen molar-refractivity contribution in [2.24, 2.45) is 5.92 Å². The lowest BCUT2D eigenvalue weighted by atomic mass is 9.99. The first-order chi connectivity index (χ1) is 10.6. The summed E-state index contributed by atoms with van der Waals surface area (Å²) in [6, 6.07) is 7.99. The Bertz CT molecular complexity index is 641. The van der Waals surface area contributed by atoms with Crippen molar-refractivity contribution in [2.45, 2.75) is 33.2 Å². The van der Waals surface area contributed by atoms with Crippen LogP contribution in [0.3, 0.4) is 0 Å². The molecule has 0 radical (unpaired) electrons. The molecule has 0 aliphatic carbocycles. The summed E-state index contributed by atoms with van der Waals surface area (Å²) in [6.45, 7) is 6.14. The quantitative estimate of drug-likeness (QED) is 0.868. The van der Waals surface area contributed by atoms with E-state index in [0.29, 0.717) is 11.7 Å². The van der Waals surface area contributed by atoms with E-state index in [0.717, 1.165) is 31.5 Å². The lowest BCUT2D eigenvalue weighted by Crippen LogP contribution is -2.40. The fraction of sp³-hybridized carbons (Fsp3) is 0.500. The van der Waals surface area contributed by atoms with Gasteiger partial charge in [0.1, 0.15) is 6.54 Å². The zero-order valence-corrected chi connectivity index (χ0v) is 13.1. The first-order valence-corrected chi connectivity index (χ1v) is 7.74. The monoisotopic (exact) mass is 299 g/mol. The summed E-state index contributed by atoms with van der Waals surface area (Å²) in [5.74, 6) is 1.44. The van der Waals surface area contributed by atoms with Crippen molar-refractivity contribution in [2.75, 3.05) is 13.1 Å². The Labute approximate surface area is 130 Å². The second-order valence-corrected chi connectivity index (χ2v) is 6.09. The molecular weight excluding hydrogens is 278 g/mol. The Morgan fingerprint density at radius 3 is 2.59 bits per heavy atom. The van der Waals surface area contributed by atoms with Crippen LogP contribution in [0.15, 0.2) is 24.3 Å². The third-order valence-corrected chi connectivity index (χ3v) is 4.26. The Kier molecular flexibility index (Phi) is 4.18. The van der Waals surface area contributed by atoms with Gasteiger partial charge in [-0.1, -0.05) is 36.8 Å². The van der Waals surface area contributed by atoms with Gasteiger partial charge in [0.05, 0.1) is 0 Å². The zero-order chi connectivity index (χ0) is 15.5. The second kappa shape index (κ2) is 6.25. The number of carbonyl (C=O) groups is 1. The van der Waals surface area contributed by atoms with E-state index in [1.165, 1.54) is 5.56 Å². The van der Waals surface area contributed by atoms with E-state index in [1.54, 1.807) is 4.68 Å². The van der Waals surface area contributed by atoms with Crippen molar-refractivity contribution >= 4 is 5.91 Å². The maximum absolute atomic E-state index is 12.4. The van der Waals surface area contributed by atoms with E-state index in [1.807, 2.05) is 36.1 Å². The van der Waals surface area contributed by atoms with Crippen LogP contribution in [0.1, 0.15) is 25.3 Å². The number of aryl methyl sites for hydroxylation is 1. The maximum Gasteiger partial charge on any atom is 0.244 e. The molecule has 6 nitrogen and oxygen atoms in total. The molecule has 0 bridgehead atoms. The number of aromatic nitrogens is 4. The number of piperidine rings is 1. The van der Waals surface area contributed by atoms with E-state index in [9.17, 15) is 4.79 Å². The van der Waals surface area contributed by atoms with Crippen LogP contribution in [-0.4, -0.2) is 44.1 Å². The standard InChI is InChI=1S/C16H21N5O/c1-12-3-5-14(6-4-12)16-17-18-19-21(16)11-15(22)20-9-7-13(2)8-10-20/h3-6,13H,7-11H2,1-2H3. The van der Waals surface area contributed by atoms with Crippen LogP contribution in [0.2, 0.25) is 0 Å². The largest absolute Gasteiger partial charge is 0.341 e. The molecular formula is C16H21N5O. The number of benzene rings is 1. The van der Waals surface area contributed by atoms with E-state index in [4.69, 9.17) is 0 Å². The molecule has 1 aliphatic rings.